The number of fused-ring (bicyclic) bond motifs is 1. The van der Waals surface area contributed by atoms with Gasteiger partial charge in [0.25, 0.3) is 0 Å². The fourth-order valence-electron chi connectivity index (χ4n) is 7.72. The SMILES string of the molecule is C=CCN(Cc1ccccc1)C(=O)[C@@H]1[C@H]2C(=O)N([C@H](C)CO)C(C(=O)N(CC=C)C3CCCCC3)C23CC[C@H]1O3. The summed E-state index contributed by atoms with van der Waals surface area (Å²) in [6, 6.07) is 8.39. The number of nitrogens with zero attached hydrogens (tertiary/aromatic N) is 3. The first-order chi connectivity index (χ1) is 19.4. The molecule has 4 aliphatic rings. The van der Waals surface area contributed by atoms with Crippen molar-refractivity contribution >= 4 is 17.7 Å². The zero-order chi connectivity index (χ0) is 28.4. The fourth-order valence-corrected chi connectivity index (χ4v) is 7.72. The predicted octanol–water partition coefficient (Wildman–Crippen LogP) is 3.30. The Balaban J connectivity index is 1.50. The summed E-state index contributed by atoms with van der Waals surface area (Å²) in [4.78, 5) is 48.1. The molecular weight excluding hydrogens is 506 g/mol. The van der Waals surface area contributed by atoms with Crippen LogP contribution in [0, 0.1) is 11.8 Å². The molecule has 1 N–H and O–H groups in total. The molecule has 8 heteroatoms. The minimum absolute atomic E-state index is 0.0843. The number of aliphatic hydroxyl groups is 1. The highest BCUT2D eigenvalue weighted by Crippen LogP contribution is 2.59. The highest BCUT2D eigenvalue weighted by molar-refractivity contribution is 5.99. The maximum atomic E-state index is 14.5. The zero-order valence-corrected chi connectivity index (χ0v) is 23.6. The molecule has 3 heterocycles. The summed E-state index contributed by atoms with van der Waals surface area (Å²) in [7, 11) is 0. The van der Waals surface area contributed by atoms with E-state index in [0.717, 1.165) is 37.7 Å². The highest BCUT2D eigenvalue weighted by Gasteiger charge is 2.75. The summed E-state index contributed by atoms with van der Waals surface area (Å²) < 4.78 is 6.65. The van der Waals surface area contributed by atoms with E-state index in [2.05, 4.69) is 13.2 Å². The van der Waals surface area contributed by atoms with Crippen LogP contribution in [0.5, 0.6) is 0 Å². The second-order valence-corrected chi connectivity index (χ2v) is 11.9. The fraction of sp³-hybridized carbons (Fsp3) is 0.594. The van der Waals surface area contributed by atoms with Gasteiger partial charge in [0, 0.05) is 25.7 Å². The molecule has 0 aromatic heterocycles. The van der Waals surface area contributed by atoms with Crippen LogP contribution in [0.3, 0.4) is 0 Å². The number of amides is 3. The zero-order valence-electron chi connectivity index (χ0n) is 23.6. The third-order valence-corrected chi connectivity index (χ3v) is 9.50. The van der Waals surface area contributed by atoms with Crippen molar-refractivity contribution in [3.63, 3.8) is 0 Å². The van der Waals surface area contributed by atoms with Crippen molar-refractivity contribution in [2.45, 2.75) is 88.2 Å². The number of aliphatic hydroxyl groups excluding tert-OH is 1. The van der Waals surface area contributed by atoms with Crippen LogP contribution in [0.1, 0.15) is 57.4 Å². The number of ether oxygens (including phenoxy) is 1. The minimum atomic E-state index is -1.08. The molecule has 216 valence electrons. The van der Waals surface area contributed by atoms with Crippen molar-refractivity contribution < 1.29 is 24.2 Å². The largest absolute Gasteiger partial charge is 0.394 e. The molecule has 4 fully saturated rings. The van der Waals surface area contributed by atoms with E-state index >= 15 is 0 Å². The molecule has 2 bridgehead atoms. The number of hydrogen-bond acceptors (Lipinski definition) is 5. The van der Waals surface area contributed by atoms with Gasteiger partial charge < -0.3 is 24.5 Å². The van der Waals surface area contributed by atoms with Gasteiger partial charge in [-0.25, -0.2) is 0 Å². The van der Waals surface area contributed by atoms with Crippen LogP contribution in [-0.4, -0.2) is 87.1 Å². The van der Waals surface area contributed by atoms with Gasteiger partial charge in [-0.2, -0.15) is 0 Å². The summed E-state index contributed by atoms with van der Waals surface area (Å²) in [5, 5.41) is 10.2. The van der Waals surface area contributed by atoms with E-state index in [4.69, 9.17) is 4.74 Å². The Morgan fingerprint density at radius 3 is 2.45 bits per heavy atom. The first kappa shape index (κ1) is 28.6. The molecule has 5 rings (SSSR count). The number of likely N-dealkylation sites (tertiary alicyclic amines) is 1. The molecule has 1 aromatic carbocycles. The van der Waals surface area contributed by atoms with Gasteiger partial charge in [-0.05, 0) is 38.2 Å². The Labute approximate surface area is 237 Å². The van der Waals surface area contributed by atoms with E-state index in [9.17, 15) is 19.5 Å². The molecule has 3 aliphatic heterocycles. The minimum Gasteiger partial charge on any atom is -0.394 e. The smallest absolute Gasteiger partial charge is 0.248 e. The molecule has 40 heavy (non-hydrogen) atoms. The van der Waals surface area contributed by atoms with E-state index in [-0.39, 0.29) is 30.4 Å². The molecule has 1 saturated carbocycles. The van der Waals surface area contributed by atoms with Crippen molar-refractivity contribution in [2.24, 2.45) is 11.8 Å². The van der Waals surface area contributed by atoms with Crippen molar-refractivity contribution in [2.75, 3.05) is 19.7 Å². The normalized spacial score (nSPS) is 30.1. The second-order valence-electron chi connectivity index (χ2n) is 11.9. The topological polar surface area (TPSA) is 90.4 Å². The standard InChI is InChI=1S/C32H43N3O5/c1-4-18-33(20-23-12-8-6-9-13-23)29(37)26-25-16-17-32(40-25)27(26)30(38)35(22(3)21-36)28(32)31(39)34(19-5-2)24-14-10-7-11-15-24/h4-6,8-9,12-13,22,24-28,36H,1-2,7,10-11,14-21H2,3H3/t22-,25-,26+,27+,28?,32?/m1/s1. The molecule has 6 atom stereocenters. The Morgan fingerprint density at radius 1 is 1.10 bits per heavy atom. The van der Waals surface area contributed by atoms with Gasteiger partial charge in [0.1, 0.15) is 11.6 Å². The van der Waals surface area contributed by atoms with E-state index < -0.39 is 35.6 Å². The van der Waals surface area contributed by atoms with Gasteiger partial charge in [-0.15, -0.1) is 13.2 Å². The average Bonchev–Trinajstić information content (AvgIpc) is 3.63. The van der Waals surface area contributed by atoms with Gasteiger partial charge in [0.05, 0.1) is 30.6 Å². The van der Waals surface area contributed by atoms with Crippen molar-refractivity contribution in [1.82, 2.24) is 14.7 Å². The maximum Gasteiger partial charge on any atom is 0.248 e. The molecular formula is C32H43N3O5. The van der Waals surface area contributed by atoms with E-state index in [1.54, 1.807) is 28.9 Å². The average molecular weight is 550 g/mol. The molecule has 8 nitrogen and oxygen atoms in total. The lowest BCUT2D eigenvalue weighted by Crippen LogP contribution is -2.60. The molecule has 1 aliphatic carbocycles. The van der Waals surface area contributed by atoms with Crippen LogP contribution in [0.25, 0.3) is 0 Å². The Hall–Kier alpha value is -2.97. The monoisotopic (exact) mass is 549 g/mol. The van der Waals surface area contributed by atoms with Gasteiger partial charge in [0.15, 0.2) is 0 Å². The molecule has 1 aromatic rings. The number of carbonyl (C=O) groups excluding carboxylic acids is 3. The summed E-state index contributed by atoms with van der Waals surface area (Å²) in [5.41, 5.74) is -0.0890. The number of benzene rings is 1. The molecule has 3 amide bonds. The van der Waals surface area contributed by atoms with Crippen molar-refractivity contribution in [1.29, 1.82) is 0 Å². The lowest BCUT2D eigenvalue weighted by Gasteiger charge is -2.41. The molecule has 1 spiro atoms. The maximum absolute atomic E-state index is 14.5. The van der Waals surface area contributed by atoms with Crippen LogP contribution in [0.4, 0.5) is 0 Å². The Bertz CT molecular complexity index is 1120. The summed E-state index contributed by atoms with van der Waals surface area (Å²) in [6.07, 6.45) is 9.31. The second kappa shape index (κ2) is 11.9. The van der Waals surface area contributed by atoms with Crippen molar-refractivity contribution in [3.8, 4) is 0 Å². The number of rotatable bonds is 11. The molecule has 0 radical (unpaired) electrons. The molecule has 3 saturated heterocycles. The highest BCUT2D eigenvalue weighted by atomic mass is 16.5. The van der Waals surface area contributed by atoms with Crippen LogP contribution in [-0.2, 0) is 25.7 Å². The van der Waals surface area contributed by atoms with Gasteiger partial charge >= 0.3 is 0 Å². The lowest BCUT2D eigenvalue weighted by atomic mass is 9.70. The summed E-state index contributed by atoms with van der Waals surface area (Å²) in [5.74, 6) is -2.00. The summed E-state index contributed by atoms with van der Waals surface area (Å²) in [6.45, 7) is 10.4. The van der Waals surface area contributed by atoms with E-state index in [1.165, 1.54) is 0 Å². The molecule has 2 unspecified atom stereocenters. The first-order valence-electron chi connectivity index (χ1n) is 14.8. The Kier molecular flexibility index (Phi) is 8.47. The van der Waals surface area contributed by atoms with Crippen molar-refractivity contribution in [3.05, 3.63) is 61.2 Å². The lowest BCUT2D eigenvalue weighted by molar-refractivity contribution is -0.153. The van der Waals surface area contributed by atoms with E-state index in [1.807, 2.05) is 35.2 Å². The van der Waals surface area contributed by atoms with Crippen LogP contribution in [0.15, 0.2) is 55.6 Å². The first-order valence-corrected chi connectivity index (χ1v) is 14.8. The summed E-state index contributed by atoms with van der Waals surface area (Å²) >= 11 is 0. The van der Waals surface area contributed by atoms with Crippen LogP contribution >= 0.6 is 0 Å². The van der Waals surface area contributed by atoms with Gasteiger partial charge in [0.2, 0.25) is 17.7 Å². The Morgan fingerprint density at radius 2 is 1.80 bits per heavy atom. The quantitative estimate of drug-likeness (QED) is 0.428. The van der Waals surface area contributed by atoms with Crippen LogP contribution < -0.4 is 0 Å². The van der Waals surface area contributed by atoms with Gasteiger partial charge in [-0.3, -0.25) is 14.4 Å². The van der Waals surface area contributed by atoms with E-state index in [0.29, 0.717) is 32.5 Å². The third-order valence-electron chi connectivity index (χ3n) is 9.50. The number of carbonyl (C=O) groups is 3. The number of hydrogen-bond donors (Lipinski definition) is 1. The van der Waals surface area contributed by atoms with Crippen LogP contribution in [0.2, 0.25) is 0 Å². The predicted molar refractivity (Wildman–Crippen MR) is 152 cm³/mol. The third kappa shape index (κ3) is 4.79. The van der Waals surface area contributed by atoms with Gasteiger partial charge in [-0.1, -0.05) is 61.7 Å².